The first kappa shape index (κ1) is 41.5. The Morgan fingerprint density at radius 1 is 0.702 bits per heavy atom. The van der Waals surface area contributed by atoms with E-state index in [1.165, 1.54) is 23.9 Å². The fraction of sp³-hybridized carbons (Fsp3) is 0.767. The Labute approximate surface area is 276 Å². The van der Waals surface area contributed by atoms with Gasteiger partial charge < -0.3 is 59.7 Å². The first-order valence-corrected chi connectivity index (χ1v) is 15.9. The lowest BCUT2D eigenvalue weighted by atomic mass is 10.0. The van der Waals surface area contributed by atoms with Gasteiger partial charge in [0, 0.05) is 27.2 Å². The van der Waals surface area contributed by atoms with Crippen LogP contribution in [0.2, 0.25) is 0 Å². The van der Waals surface area contributed by atoms with Crippen molar-refractivity contribution in [2.45, 2.75) is 50.7 Å². The number of carbonyl (C=O) groups excluding carboxylic acids is 4. The molecule has 0 aromatic rings. The molecular weight excluding hydrogens is 622 g/mol. The van der Waals surface area contributed by atoms with Crippen molar-refractivity contribution in [3.8, 4) is 0 Å². The molecule has 0 heterocycles. The molecule has 0 bridgehead atoms. The number of ether oxygens (including phenoxy) is 6. The molecule has 4 amide bonds. The van der Waals surface area contributed by atoms with Crippen LogP contribution in [-0.4, -0.2) is 157 Å². The molecule has 5 N–H and O–H groups in total. The van der Waals surface area contributed by atoms with Gasteiger partial charge in [0.25, 0.3) is 0 Å². The van der Waals surface area contributed by atoms with E-state index in [-0.39, 0.29) is 51.1 Å². The summed E-state index contributed by atoms with van der Waals surface area (Å²) in [7, 11) is 2.94. The SMILES string of the molecule is CN(CC(=O)NCCCN)C(=O)O[C@H]1/C=C/[C@H](OC(=O)N(C)CC(=O)NCCOCCOCCOCCOCCC(=O)O)CCCC1. The minimum Gasteiger partial charge on any atom is -0.481 e. The fourth-order valence-corrected chi connectivity index (χ4v) is 3.95. The number of hydrogen-bond donors (Lipinski definition) is 4. The topological polar surface area (TPSA) is 218 Å². The lowest BCUT2D eigenvalue weighted by Gasteiger charge is -2.24. The molecule has 0 aromatic carbocycles. The number of amides is 4. The predicted molar refractivity (Wildman–Crippen MR) is 169 cm³/mol. The first-order chi connectivity index (χ1) is 22.6. The maximum absolute atomic E-state index is 12.6. The number of carboxylic acids is 1. The summed E-state index contributed by atoms with van der Waals surface area (Å²) in [4.78, 5) is 62.0. The highest BCUT2D eigenvalue weighted by Crippen LogP contribution is 2.18. The van der Waals surface area contributed by atoms with Crippen LogP contribution in [0.3, 0.4) is 0 Å². The van der Waals surface area contributed by atoms with Gasteiger partial charge in [0.1, 0.15) is 25.3 Å². The molecular formula is C30H53N5O12. The van der Waals surface area contributed by atoms with Gasteiger partial charge in [-0.2, -0.15) is 0 Å². The molecule has 1 aliphatic carbocycles. The molecule has 2 atom stereocenters. The van der Waals surface area contributed by atoms with E-state index in [1.54, 1.807) is 12.2 Å². The van der Waals surface area contributed by atoms with Crippen molar-refractivity contribution in [2.24, 2.45) is 5.73 Å². The second kappa shape index (κ2) is 26.5. The minimum absolute atomic E-state index is 0.0386. The van der Waals surface area contributed by atoms with E-state index in [1.807, 2.05) is 0 Å². The Balaban J connectivity index is 2.19. The molecule has 1 aliphatic rings. The van der Waals surface area contributed by atoms with Crippen molar-refractivity contribution in [1.82, 2.24) is 20.4 Å². The fourth-order valence-electron chi connectivity index (χ4n) is 3.95. The lowest BCUT2D eigenvalue weighted by molar-refractivity contribution is -0.138. The lowest BCUT2D eigenvalue weighted by Crippen LogP contribution is -2.41. The van der Waals surface area contributed by atoms with Crippen LogP contribution in [0.4, 0.5) is 9.59 Å². The van der Waals surface area contributed by atoms with E-state index >= 15 is 0 Å². The highest BCUT2D eigenvalue weighted by atomic mass is 16.6. The zero-order valence-corrected chi connectivity index (χ0v) is 27.7. The molecule has 270 valence electrons. The normalized spacial score (nSPS) is 16.7. The molecule has 0 aliphatic heterocycles. The monoisotopic (exact) mass is 675 g/mol. The Bertz CT molecular complexity index is 954. The summed E-state index contributed by atoms with van der Waals surface area (Å²) < 4.78 is 32.3. The van der Waals surface area contributed by atoms with Gasteiger partial charge in [0.15, 0.2) is 0 Å². The maximum atomic E-state index is 12.6. The summed E-state index contributed by atoms with van der Waals surface area (Å²) in [6, 6.07) is 0. The number of likely N-dealkylation sites (N-methyl/N-ethyl adjacent to an activating group) is 2. The van der Waals surface area contributed by atoms with Gasteiger partial charge in [-0.25, -0.2) is 9.59 Å². The van der Waals surface area contributed by atoms with E-state index < -0.39 is 30.4 Å². The van der Waals surface area contributed by atoms with E-state index in [0.717, 1.165) is 12.8 Å². The van der Waals surface area contributed by atoms with E-state index in [0.29, 0.717) is 72.0 Å². The molecule has 0 radical (unpaired) electrons. The van der Waals surface area contributed by atoms with Crippen LogP contribution in [0.5, 0.6) is 0 Å². The van der Waals surface area contributed by atoms with Crippen LogP contribution in [0, 0.1) is 0 Å². The van der Waals surface area contributed by atoms with Crippen LogP contribution < -0.4 is 16.4 Å². The van der Waals surface area contributed by atoms with Crippen LogP contribution >= 0.6 is 0 Å². The summed E-state index contributed by atoms with van der Waals surface area (Å²) in [5, 5.41) is 13.9. The molecule has 0 unspecified atom stereocenters. The molecule has 0 spiro atoms. The summed E-state index contributed by atoms with van der Waals surface area (Å²) in [5.41, 5.74) is 5.41. The van der Waals surface area contributed by atoms with E-state index in [2.05, 4.69) is 10.6 Å². The Morgan fingerprint density at radius 2 is 1.13 bits per heavy atom. The van der Waals surface area contributed by atoms with Crippen LogP contribution in [0.15, 0.2) is 12.2 Å². The standard InChI is InChI=1S/C30H53N5O12/c1-34(22-26(36)32-12-5-11-31)29(40)46-24-6-3-4-7-25(9-8-24)47-30(41)35(2)23-27(37)33-13-15-43-17-19-45-21-20-44-18-16-42-14-10-28(38)39/h8-9,24-25H,3-7,10-23,31H2,1-2H3,(H,32,36)(H,33,37)(H,38,39)/b9-8+/t24-,25-/m1/s1. The number of carboxylic acid groups (broad SMARTS) is 1. The number of nitrogens with two attached hydrogens (primary N) is 1. The number of carbonyl (C=O) groups is 5. The molecule has 0 saturated heterocycles. The predicted octanol–water partition coefficient (Wildman–Crippen LogP) is 0.113. The molecule has 0 saturated carbocycles. The van der Waals surface area contributed by atoms with Crippen molar-refractivity contribution in [3.05, 3.63) is 12.2 Å². The Kier molecular flexibility index (Phi) is 23.4. The van der Waals surface area contributed by atoms with Crippen molar-refractivity contribution in [2.75, 3.05) is 99.7 Å². The van der Waals surface area contributed by atoms with Crippen LogP contribution in [-0.2, 0) is 42.8 Å². The van der Waals surface area contributed by atoms with Crippen molar-refractivity contribution in [3.63, 3.8) is 0 Å². The number of hydrogen-bond acceptors (Lipinski definition) is 12. The average molecular weight is 676 g/mol. The summed E-state index contributed by atoms with van der Waals surface area (Å²) >= 11 is 0. The largest absolute Gasteiger partial charge is 0.481 e. The van der Waals surface area contributed by atoms with Gasteiger partial charge >= 0.3 is 18.2 Å². The minimum atomic E-state index is -0.905. The van der Waals surface area contributed by atoms with Gasteiger partial charge in [-0.1, -0.05) is 0 Å². The number of nitrogens with zero attached hydrogens (tertiary/aromatic N) is 2. The number of rotatable bonds is 24. The van der Waals surface area contributed by atoms with Crippen LogP contribution in [0.1, 0.15) is 38.5 Å². The molecule has 0 aromatic heterocycles. The average Bonchev–Trinajstić information content (AvgIpc) is 3.01. The Morgan fingerprint density at radius 3 is 1.57 bits per heavy atom. The molecule has 17 nitrogen and oxygen atoms in total. The van der Waals surface area contributed by atoms with Gasteiger partial charge in [-0.15, -0.1) is 0 Å². The number of aliphatic carboxylic acids is 1. The highest BCUT2D eigenvalue weighted by Gasteiger charge is 2.22. The Hall–Kier alpha value is -3.51. The zero-order chi connectivity index (χ0) is 34.7. The molecule has 0 fully saturated rings. The van der Waals surface area contributed by atoms with E-state index in [4.69, 9.17) is 39.3 Å². The third kappa shape index (κ3) is 22.6. The third-order valence-electron chi connectivity index (χ3n) is 6.50. The van der Waals surface area contributed by atoms with E-state index in [9.17, 15) is 24.0 Å². The van der Waals surface area contributed by atoms with Gasteiger partial charge in [0.05, 0.1) is 59.3 Å². The van der Waals surface area contributed by atoms with Crippen molar-refractivity contribution >= 4 is 30.0 Å². The van der Waals surface area contributed by atoms with Gasteiger partial charge in [0.2, 0.25) is 11.8 Å². The third-order valence-corrected chi connectivity index (χ3v) is 6.50. The number of nitrogens with one attached hydrogen (secondary N) is 2. The molecule has 17 heteroatoms. The zero-order valence-electron chi connectivity index (χ0n) is 27.7. The summed E-state index contributed by atoms with van der Waals surface area (Å²) in [6.45, 7) is 3.33. The molecule has 47 heavy (non-hydrogen) atoms. The second-order valence-corrected chi connectivity index (χ2v) is 10.7. The second-order valence-electron chi connectivity index (χ2n) is 10.7. The molecule has 1 rings (SSSR count). The quantitative estimate of drug-likeness (QED) is 0.0790. The van der Waals surface area contributed by atoms with Gasteiger partial charge in [-0.05, 0) is 50.8 Å². The summed E-state index contributed by atoms with van der Waals surface area (Å²) in [6.07, 6.45) is 4.26. The van der Waals surface area contributed by atoms with Crippen LogP contribution in [0.25, 0.3) is 0 Å². The maximum Gasteiger partial charge on any atom is 0.410 e. The summed E-state index contributed by atoms with van der Waals surface area (Å²) in [5.74, 6) is -1.58. The highest BCUT2D eigenvalue weighted by molar-refractivity contribution is 5.82. The van der Waals surface area contributed by atoms with Crippen molar-refractivity contribution in [1.29, 1.82) is 0 Å². The van der Waals surface area contributed by atoms with Crippen molar-refractivity contribution < 1.29 is 57.5 Å². The first-order valence-electron chi connectivity index (χ1n) is 15.9. The smallest absolute Gasteiger partial charge is 0.410 e. The van der Waals surface area contributed by atoms with Gasteiger partial charge in [-0.3, -0.25) is 14.4 Å².